The Hall–Kier alpha value is -1.60. The van der Waals surface area contributed by atoms with E-state index in [0.29, 0.717) is 18.4 Å². The van der Waals surface area contributed by atoms with E-state index in [-0.39, 0.29) is 25.8 Å². The largest absolute Gasteiger partial charge is 0.391 e. The first-order valence-electron chi connectivity index (χ1n) is 8.09. The first kappa shape index (κ1) is 17.2. The lowest BCUT2D eigenvalue weighted by molar-refractivity contribution is -0.201. The second kappa shape index (κ2) is 6.04. The highest BCUT2D eigenvalue weighted by atomic mass is 19.3. The van der Waals surface area contributed by atoms with E-state index in [0.717, 1.165) is 4.90 Å². The van der Waals surface area contributed by atoms with E-state index in [1.807, 2.05) is 0 Å². The van der Waals surface area contributed by atoms with Gasteiger partial charge in [-0.1, -0.05) is 25.0 Å². The van der Waals surface area contributed by atoms with Crippen LogP contribution in [0.2, 0.25) is 0 Å². The third-order valence-electron chi connectivity index (χ3n) is 5.06. The molecule has 0 spiro atoms. The lowest BCUT2D eigenvalue weighted by Crippen LogP contribution is -2.57. The summed E-state index contributed by atoms with van der Waals surface area (Å²) >= 11 is 0. The molecule has 7 heteroatoms. The average molecular weight is 343 g/mol. The summed E-state index contributed by atoms with van der Waals surface area (Å²) in [6, 6.07) is 4.52. The first-order chi connectivity index (χ1) is 11.2. The molecular formula is C17H20F3NO3. The number of carbonyl (C=O) groups is 1. The lowest BCUT2D eigenvalue weighted by Gasteiger charge is -2.35. The molecule has 0 bridgehead atoms. The fraction of sp³-hybridized carbons (Fsp3) is 0.588. The van der Waals surface area contributed by atoms with Crippen molar-refractivity contribution in [3.63, 3.8) is 0 Å². The summed E-state index contributed by atoms with van der Waals surface area (Å²) in [7, 11) is 0. The van der Waals surface area contributed by atoms with Crippen molar-refractivity contribution >= 4 is 5.91 Å². The van der Waals surface area contributed by atoms with Crippen LogP contribution in [0.25, 0.3) is 0 Å². The van der Waals surface area contributed by atoms with Gasteiger partial charge >= 0.3 is 5.92 Å². The minimum atomic E-state index is -3.93. The molecule has 3 rings (SSSR count). The van der Waals surface area contributed by atoms with Crippen molar-refractivity contribution in [3.8, 4) is 0 Å². The summed E-state index contributed by atoms with van der Waals surface area (Å²) in [6.07, 6.45) is -0.287. The lowest BCUT2D eigenvalue weighted by atomic mass is 9.92. The minimum Gasteiger partial charge on any atom is -0.391 e. The van der Waals surface area contributed by atoms with Crippen molar-refractivity contribution in [2.24, 2.45) is 0 Å². The van der Waals surface area contributed by atoms with E-state index in [1.54, 1.807) is 0 Å². The predicted octanol–water partition coefficient (Wildman–Crippen LogP) is 2.40. The number of likely N-dealkylation sites (tertiary alicyclic amines) is 1. The number of rotatable bonds is 3. The highest BCUT2D eigenvalue weighted by Gasteiger charge is 2.61. The van der Waals surface area contributed by atoms with E-state index in [1.165, 1.54) is 24.3 Å². The van der Waals surface area contributed by atoms with Crippen LogP contribution in [0.4, 0.5) is 13.2 Å². The van der Waals surface area contributed by atoms with E-state index in [4.69, 9.17) is 0 Å². The number of hydrogen-bond donors (Lipinski definition) is 2. The number of halogens is 3. The molecule has 2 aliphatic rings. The Kier molecular flexibility index (Phi) is 4.34. The van der Waals surface area contributed by atoms with Gasteiger partial charge in [-0.15, -0.1) is 0 Å². The standard InChI is InChI=1S/C17H20F3NO3/c18-12-5-3-4-11(8-12)14-9-13(22)10-21(14)15(23)17(19,20)16(24)6-1-2-7-16/h3-5,8,13-14,22,24H,1-2,6-7,9-10H2/t13-,14-/m1/s1. The zero-order valence-electron chi connectivity index (χ0n) is 13.1. The van der Waals surface area contributed by atoms with Gasteiger partial charge in [-0.2, -0.15) is 8.78 Å². The van der Waals surface area contributed by atoms with Gasteiger partial charge in [-0.3, -0.25) is 4.79 Å². The number of hydrogen-bond acceptors (Lipinski definition) is 3. The molecule has 2 fully saturated rings. The van der Waals surface area contributed by atoms with Crippen molar-refractivity contribution in [2.75, 3.05) is 6.54 Å². The van der Waals surface area contributed by atoms with Gasteiger partial charge in [0.15, 0.2) is 0 Å². The van der Waals surface area contributed by atoms with Crippen LogP contribution in [0.5, 0.6) is 0 Å². The van der Waals surface area contributed by atoms with Crippen LogP contribution in [0.3, 0.4) is 0 Å². The van der Waals surface area contributed by atoms with Gasteiger partial charge in [0.1, 0.15) is 11.4 Å². The summed E-state index contributed by atoms with van der Waals surface area (Å²) in [6.45, 7) is -0.258. The van der Waals surface area contributed by atoms with Crippen LogP contribution >= 0.6 is 0 Å². The Bertz CT molecular complexity index is 631. The number of amides is 1. The highest BCUT2D eigenvalue weighted by molar-refractivity contribution is 5.85. The van der Waals surface area contributed by atoms with Gasteiger partial charge in [-0.05, 0) is 37.0 Å². The van der Waals surface area contributed by atoms with Crippen molar-refractivity contribution in [1.29, 1.82) is 0 Å². The molecule has 0 unspecified atom stereocenters. The molecule has 1 aliphatic carbocycles. The molecule has 0 aromatic heterocycles. The van der Waals surface area contributed by atoms with Crippen molar-refractivity contribution < 1.29 is 28.2 Å². The van der Waals surface area contributed by atoms with Crippen LogP contribution in [0.1, 0.15) is 43.7 Å². The van der Waals surface area contributed by atoms with Crippen molar-refractivity contribution in [1.82, 2.24) is 4.90 Å². The van der Waals surface area contributed by atoms with Gasteiger partial charge in [0, 0.05) is 6.54 Å². The Morgan fingerprint density at radius 1 is 1.29 bits per heavy atom. The molecule has 2 atom stereocenters. The van der Waals surface area contributed by atoms with Gasteiger partial charge in [-0.25, -0.2) is 4.39 Å². The monoisotopic (exact) mass is 343 g/mol. The number of benzene rings is 1. The van der Waals surface area contributed by atoms with E-state index in [2.05, 4.69) is 0 Å². The maximum atomic E-state index is 14.7. The molecular weight excluding hydrogens is 323 g/mol. The summed E-state index contributed by atoms with van der Waals surface area (Å²) in [5.74, 6) is -5.97. The van der Waals surface area contributed by atoms with Gasteiger partial charge in [0.25, 0.3) is 5.91 Å². The Balaban J connectivity index is 1.89. The predicted molar refractivity (Wildman–Crippen MR) is 79.8 cm³/mol. The zero-order chi connectivity index (χ0) is 17.5. The van der Waals surface area contributed by atoms with Crippen LogP contribution in [-0.4, -0.2) is 45.2 Å². The average Bonchev–Trinajstić information content (AvgIpc) is 3.13. The van der Waals surface area contributed by atoms with Gasteiger partial charge in [0.05, 0.1) is 12.1 Å². The van der Waals surface area contributed by atoms with Gasteiger partial charge in [0.2, 0.25) is 0 Å². The first-order valence-corrected chi connectivity index (χ1v) is 8.09. The molecule has 1 aliphatic heterocycles. The van der Waals surface area contributed by atoms with Crippen LogP contribution in [0, 0.1) is 5.82 Å². The molecule has 1 amide bonds. The second-order valence-electron chi connectivity index (χ2n) is 6.73. The fourth-order valence-corrected chi connectivity index (χ4v) is 3.72. The summed E-state index contributed by atoms with van der Waals surface area (Å²) in [4.78, 5) is 13.4. The SMILES string of the molecule is O=C(N1C[C@H](O)C[C@@H]1c1cccc(F)c1)C(F)(F)C1(O)CCCC1. The molecule has 132 valence electrons. The van der Waals surface area contributed by atoms with Gasteiger partial charge < -0.3 is 15.1 Å². The Labute approximate surface area is 137 Å². The van der Waals surface area contributed by atoms with Crippen LogP contribution in [-0.2, 0) is 4.79 Å². The molecule has 4 nitrogen and oxygen atoms in total. The van der Waals surface area contributed by atoms with Crippen molar-refractivity contribution in [3.05, 3.63) is 35.6 Å². The summed E-state index contributed by atoms with van der Waals surface area (Å²) in [5.41, 5.74) is -1.99. The number of carbonyl (C=O) groups excluding carboxylic acids is 1. The molecule has 0 radical (unpaired) electrons. The maximum Gasteiger partial charge on any atom is 0.352 e. The van der Waals surface area contributed by atoms with Crippen molar-refractivity contribution in [2.45, 2.75) is 55.8 Å². The summed E-state index contributed by atoms with van der Waals surface area (Å²) < 4.78 is 42.7. The molecule has 1 saturated heterocycles. The van der Waals surface area contributed by atoms with Crippen LogP contribution in [0.15, 0.2) is 24.3 Å². The molecule has 1 saturated carbocycles. The van der Waals surface area contributed by atoms with Crippen LogP contribution < -0.4 is 0 Å². The Morgan fingerprint density at radius 3 is 2.58 bits per heavy atom. The highest BCUT2D eigenvalue weighted by Crippen LogP contribution is 2.45. The second-order valence-corrected chi connectivity index (χ2v) is 6.73. The number of alkyl halides is 2. The normalized spacial score (nSPS) is 26.8. The number of aliphatic hydroxyl groups excluding tert-OH is 1. The van der Waals surface area contributed by atoms with E-state index >= 15 is 0 Å². The third kappa shape index (κ3) is 2.80. The van der Waals surface area contributed by atoms with E-state index in [9.17, 15) is 28.2 Å². The fourth-order valence-electron chi connectivity index (χ4n) is 3.72. The quantitative estimate of drug-likeness (QED) is 0.886. The molecule has 1 aromatic rings. The maximum absolute atomic E-state index is 14.7. The molecule has 1 heterocycles. The topological polar surface area (TPSA) is 60.8 Å². The molecule has 2 N–H and O–H groups in total. The number of nitrogens with zero attached hydrogens (tertiary/aromatic N) is 1. The smallest absolute Gasteiger partial charge is 0.352 e. The third-order valence-corrected chi connectivity index (χ3v) is 5.06. The minimum absolute atomic E-state index is 0.0592. The molecule has 1 aromatic carbocycles. The molecule has 24 heavy (non-hydrogen) atoms. The zero-order valence-corrected chi connectivity index (χ0v) is 13.1. The number of β-amino-alcohol motifs (C(OH)–C–C–N with tert-alkyl or cyclic N) is 1. The van der Waals surface area contributed by atoms with E-state index < -0.39 is 35.4 Å². The summed E-state index contributed by atoms with van der Waals surface area (Å²) in [5, 5.41) is 20.0. The Morgan fingerprint density at radius 2 is 1.96 bits per heavy atom. The number of aliphatic hydroxyl groups is 2.